The molecule has 2 heterocycles. The molecule has 0 fully saturated rings. The number of para-hydroxylation sites is 1. The normalized spacial score (nSPS) is 10.6. The summed E-state index contributed by atoms with van der Waals surface area (Å²) in [5.41, 5.74) is 1.62. The predicted octanol–water partition coefficient (Wildman–Crippen LogP) is 2.05. The second kappa shape index (κ2) is 5.05. The van der Waals surface area contributed by atoms with Crippen molar-refractivity contribution in [2.45, 2.75) is 6.54 Å². The lowest BCUT2D eigenvalue weighted by molar-refractivity contribution is 0.0951. The van der Waals surface area contributed by atoms with Gasteiger partial charge in [-0.05, 0) is 12.1 Å². The summed E-state index contributed by atoms with van der Waals surface area (Å²) in [4.78, 5) is 25.9. The molecule has 0 bridgehead atoms. The number of rotatable bonds is 3. The lowest BCUT2D eigenvalue weighted by atomic mass is 10.1. The van der Waals surface area contributed by atoms with Gasteiger partial charge in [0.25, 0.3) is 5.91 Å². The van der Waals surface area contributed by atoms with Crippen LogP contribution in [0.4, 0.5) is 0 Å². The summed E-state index contributed by atoms with van der Waals surface area (Å²) < 4.78 is 5.32. The van der Waals surface area contributed by atoms with E-state index in [0.717, 1.165) is 5.39 Å². The second-order valence-electron chi connectivity index (χ2n) is 4.37. The Morgan fingerprint density at radius 1 is 1.15 bits per heavy atom. The van der Waals surface area contributed by atoms with Gasteiger partial charge in [-0.3, -0.25) is 9.59 Å². The molecule has 0 saturated heterocycles. The number of hydrogen-bond acceptors (Lipinski definition) is 3. The maximum Gasteiger partial charge on any atom is 0.255 e. The fraction of sp³-hybridized carbons (Fsp3) is 0.0667. The first-order valence-electron chi connectivity index (χ1n) is 6.17. The highest BCUT2D eigenvalue weighted by Crippen LogP contribution is 2.20. The van der Waals surface area contributed by atoms with E-state index in [1.807, 2.05) is 18.2 Å². The van der Waals surface area contributed by atoms with E-state index >= 15 is 0 Å². The molecule has 0 aliphatic rings. The number of benzene rings is 1. The summed E-state index contributed by atoms with van der Waals surface area (Å²) in [6, 6.07) is 12.2. The molecule has 1 aromatic carbocycles. The fourth-order valence-corrected chi connectivity index (χ4v) is 2.02. The number of carbonyl (C=O) groups excluding carboxylic acids is 1. The highest BCUT2D eigenvalue weighted by molar-refractivity contribution is 6.05. The molecule has 2 N–H and O–H groups in total. The Kier molecular flexibility index (Phi) is 3.09. The number of aromatic nitrogens is 1. The Morgan fingerprint density at radius 2 is 2.00 bits per heavy atom. The van der Waals surface area contributed by atoms with Crippen molar-refractivity contribution in [3.05, 3.63) is 70.3 Å². The molecule has 2 aromatic heterocycles. The molecule has 3 rings (SSSR count). The van der Waals surface area contributed by atoms with Crippen molar-refractivity contribution < 1.29 is 9.21 Å². The number of nitrogens with one attached hydrogen (secondary N) is 2. The van der Waals surface area contributed by atoms with Crippen molar-refractivity contribution in [3.63, 3.8) is 0 Å². The smallest absolute Gasteiger partial charge is 0.255 e. The average molecular weight is 268 g/mol. The lowest BCUT2D eigenvalue weighted by Gasteiger charge is -2.03. The Hall–Kier alpha value is -2.82. The van der Waals surface area contributed by atoms with E-state index in [-0.39, 0.29) is 18.0 Å². The molecule has 0 aliphatic carbocycles. The van der Waals surface area contributed by atoms with E-state index in [1.165, 1.54) is 12.3 Å². The van der Waals surface area contributed by atoms with Crippen LogP contribution in [-0.2, 0) is 6.54 Å². The molecule has 5 heteroatoms. The van der Waals surface area contributed by atoms with E-state index in [0.29, 0.717) is 16.8 Å². The first kappa shape index (κ1) is 12.2. The molecule has 0 aliphatic heterocycles. The van der Waals surface area contributed by atoms with Gasteiger partial charge in [-0.15, -0.1) is 0 Å². The molecule has 0 unspecified atom stereocenters. The van der Waals surface area contributed by atoms with Gasteiger partial charge < -0.3 is 14.7 Å². The number of pyridine rings is 1. The Balaban J connectivity index is 1.78. The summed E-state index contributed by atoms with van der Waals surface area (Å²) in [5.74, 6) is -0.236. The summed E-state index contributed by atoms with van der Waals surface area (Å²) in [7, 11) is 0. The maximum absolute atomic E-state index is 12.1. The van der Waals surface area contributed by atoms with Gasteiger partial charge in [0.05, 0.1) is 12.1 Å². The molecule has 1 amide bonds. The second-order valence-corrected chi connectivity index (χ2v) is 4.37. The number of aromatic amines is 1. The van der Waals surface area contributed by atoms with Gasteiger partial charge >= 0.3 is 0 Å². The van der Waals surface area contributed by atoms with Crippen LogP contribution in [0.5, 0.6) is 0 Å². The minimum atomic E-state index is -0.236. The van der Waals surface area contributed by atoms with Crippen molar-refractivity contribution in [3.8, 4) is 0 Å². The van der Waals surface area contributed by atoms with Crippen LogP contribution in [0.15, 0.2) is 57.9 Å². The first-order valence-corrected chi connectivity index (χ1v) is 6.17. The van der Waals surface area contributed by atoms with E-state index in [9.17, 15) is 9.59 Å². The van der Waals surface area contributed by atoms with Gasteiger partial charge in [0.1, 0.15) is 11.8 Å². The van der Waals surface area contributed by atoms with E-state index in [1.54, 1.807) is 18.2 Å². The number of hydrogen-bond donors (Lipinski definition) is 2. The van der Waals surface area contributed by atoms with Gasteiger partial charge in [-0.25, -0.2) is 0 Å². The van der Waals surface area contributed by atoms with Gasteiger partial charge in [0.15, 0.2) is 0 Å². The largest absolute Gasteiger partial charge is 0.463 e. The minimum Gasteiger partial charge on any atom is -0.463 e. The van der Waals surface area contributed by atoms with Crippen molar-refractivity contribution in [1.29, 1.82) is 0 Å². The number of carbonyl (C=O) groups is 1. The molecule has 20 heavy (non-hydrogen) atoms. The number of amides is 1. The van der Waals surface area contributed by atoms with Crippen LogP contribution >= 0.6 is 0 Å². The van der Waals surface area contributed by atoms with Crippen molar-refractivity contribution in [2.75, 3.05) is 0 Å². The van der Waals surface area contributed by atoms with Crippen LogP contribution in [0, 0.1) is 0 Å². The standard InChI is InChI=1S/C15H12N2O3/c18-14-7-3-4-10(17-14)8-16-15(19)12-9-20-13-6-2-1-5-11(12)13/h1-7,9H,8H2,(H,16,19)(H,17,18). The minimum absolute atomic E-state index is 0.189. The summed E-state index contributed by atoms with van der Waals surface area (Å²) in [6.45, 7) is 0.258. The number of furan rings is 1. The van der Waals surface area contributed by atoms with E-state index in [2.05, 4.69) is 10.3 Å². The fourth-order valence-electron chi connectivity index (χ4n) is 2.02. The van der Waals surface area contributed by atoms with E-state index in [4.69, 9.17) is 4.42 Å². The Morgan fingerprint density at radius 3 is 2.85 bits per heavy atom. The Labute approximate surface area is 114 Å². The summed E-state index contributed by atoms with van der Waals surface area (Å²) in [5, 5.41) is 3.52. The third kappa shape index (κ3) is 2.33. The summed E-state index contributed by atoms with van der Waals surface area (Å²) in [6.07, 6.45) is 1.44. The van der Waals surface area contributed by atoms with Crippen LogP contribution < -0.4 is 10.9 Å². The molecule has 0 radical (unpaired) electrons. The molecular formula is C15H12N2O3. The molecule has 0 atom stereocenters. The summed E-state index contributed by atoms with van der Waals surface area (Å²) >= 11 is 0. The molecule has 3 aromatic rings. The number of fused-ring (bicyclic) bond motifs is 1. The molecule has 0 saturated carbocycles. The van der Waals surface area contributed by atoms with Crippen molar-refractivity contribution >= 4 is 16.9 Å². The predicted molar refractivity (Wildman–Crippen MR) is 74.4 cm³/mol. The topological polar surface area (TPSA) is 75.1 Å². The third-order valence-electron chi connectivity index (χ3n) is 2.99. The van der Waals surface area contributed by atoms with Gasteiger partial charge in [0.2, 0.25) is 5.56 Å². The zero-order chi connectivity index (χ0) is 13.9. The van der Waals surface area contributed by atoms with Gasteiger partial charge in [0, 0.05) is 17.1 Å². The van der Waals surface area contributed by atoms with E-state index < -0.39 is 0 Å². The lowest BCUT2D eigenvalue weighted by Crippen LogP contribution is -2.24. The molecule has 5 nitrogen and oxygen atoms in total. The third-order valence-corrected chi connectivity index (χ3v) is 2.99. The maximum atomic E-state index is 12.1. The van der Waals surface area contributed by atoms with Crippen LogP contribution in [0.2, 0.25) is 0 Å². The quantitative estimate of drug-likeness (QED) is 0.763. The van der Waals surface area contributed by atoms with Crippen molar-refractivity contribution in [1.82, 2.24) is 10.3 Å². The molecular weight excluding hydrogens is 256 g/mol. The monoisotopic (exact) mass is 268 g/mol. The first-order chi connectivity index (χ1) is 9.74. The zero-order valence-electron chi connectivity index (χ0n) is 10.6. The van der Waals surface area contributed by atoms with Gasteiger partial charge in [-0.2, -0.15) is 0 Å². The Bertz CT molecular complexity index is 817. The SMILES string of the molecule is O=C(NCc1cccc(=O)[nH]1)c1coc2ccccc12. The van der Waals surface area contributed by atoms with Crippen LogP contribution in [0.3, 0.4) is 0 Å². The highest BCUT2D eigenvalue weighted by Gasteiger charge is 2.12. The molecule has 100 valence electrons. The number of H-pyrrole nitrogens is 1. The van der Waals surface area contributed by atoms with Crippen LogP contribution in [-0.4, -0.2) is 10.9 Å². The van der Waals surface area contributed by atoms with Crippen LogP contribution in [0.25, 0.3) is 11.0 Å². The van der Waals surface area contributed by atoms with Crippen molar-refractivity contribution in [2.24, 2.45) is 0 Å². The highest BCUT2D eigenvalue weighted by atomic mass is 16.3. The zero-order valence-corrected chi connectivity index (χ0v) is 10.6. The average Bonchev–Trinajstić information content (AvgIpc) is 2.89. The van der Waals surface area contributed by atoms with Gasteiger partial charge in [-0.1, -0.05) is 24.3 Å². The molecule has 0 spiro atoms. The van der Waals surface area contributed by atoms with Crippen LogP contribution in [0.1, 0.15) is 16.1 Å².